The Hall–Kier alpha value is -1.92. The van der Waals surface area contributed by atoms with Gasteiger partial charge in [0.2, 0.25) is 0 Å². The Bertz CT molecular complexity index is 851. The van der Waals surface area contributed by atoms with Crippen molar-refractivity contribution in [3.63, 3.8) is 0 Å². The van der Waals surface area contributed by atoms with Crippen molar-refractivity contribution < 1.29 is 4.79 Å². The van der Waals surface area contributed by atoms with Crippen LogP contribution in [0.15, 0.2) is 29.1 Å². The number of nitrogens with one attached hydrogen (secondary N) is 1. The lowest BCUT2D eigenvalue weighted by Crippen LogP contribution is -2.57. The predicted molar refractivity (Wildman–Crippen MR) is 111 cm³/mol. The van der Waals surface area contributed by atoms with Crippen molar-refractivity contribution in [1.29, 1.82) is 0 Å². The van der Waals surface area contributed by atoms with E-state index in [0.717, 1.165) is 25.8 Å². The van der Waals surface area contributed by atoms with E-state index in [1.54, 1.807) is 6.07 Å². The van der Waals surface area contributed by atoms with Crippen LogP contribution in [0.25, 0.3) is 10.8 Å². The molecule has 0 saturated carbocycles. The third kappa shape index (κ3) is 4.33. The fourth-order valence-corrected chi connectivity index (χ4v) is 3.54. The van der Waals surface area contributed by atoms with Crippen LogP contribution in [0.4, 0.5) is 0 Å². The van der Waals surface area contributed by atoms with Gasteiger partial charge in [0.25, 0.3) is 11.5 Å². The molecule has 7 heteroatoms. The minimum absolute atomic E-state index is 0. The lowest BCUT2D eigenvalue weighted by Gasteiger charge is -2.38. The molecule has 27 heavy (non-hydrogen) atoms. The van der Waals surface area contributed by atoms with E-state index in [2.05, 4.69) is 24.3 Å². The highest BCUT2D eigenvalue weighted by Gasteiger charge is 2.31. The number of nitrogens with zero attached hydrogens (tertiary/aromatic N) is 3. The zero-order chi connectivity index (χ0) is 18.7. The number of fused-ring (bicyclic) bond motifs is 1. The van der Waals surface area contributed by atoms with Crippen LogP contribution in [0.2, 0.25) is 0 Å². The van der Waals surface area contributed by atoms with E-state index in [9.17, 15) is 9.59 Å². The number of unbranched alkanes of at least 4 members (excludes halogenated alkanes) is 2. The molecule has 2 aromatic rings. The summed E-state index contributed by atoms with van der Waals surface area (Å²) in [7, 11) is 0. The van der Waals surface area contributed by atoms with Gasteiger partial charge in [-0.25, -0.2) is 4.68 Å². The van der Waals surface area contributed by atoms with Crippen LogP contribution in [-0.4, -0.2) is 45.8 Å². The van der Waals surface area contributed by atoms with Crippen molar-refractivity contribution in [2.75, 3.05) is 13.1 Å². The summed E-state index contributed by atoms with van der Waals surface area (Å²) in [5, 5.41) is 9.10. The van der Waals surface area contributed by atoms with Gasteiger partial charge in [-0.3, -0.25) is 9.59 Å². The maximum absolute atomic E-state index is 13.3. The van der Waals surface area contributed by atoms with Crippen molar-refractivity contribution in [3.8, 4) is 0 Å². The third-order valence-corrected chi connectivity index (χ3v) is 5.34. The van der Waals surface area contributed by atoms with Crippen LogP contribution in [0.3, 0.4) is 0 Å². The monoisotopic (exact) mass is 392 g/mol. The Labute approximate surface area is 166 Å². The minimum atomic E-state index is -0.116. The van der Waals surface area contributed by atoms with Crippen molar-refractivity contribution >= 4 is 29.1 Å². The van der Waals surface area contributed by atoms with Crippen molar-refractivity contribution in [3.05, 3.63) is 40.3 Å². The zero-order valence-electron chi connectivity index (χ0n) is 16.3. The van der Waals surface area contributed by atoms with E-state index in [-0.39, 0.29) is 36.0 Å². The van der Waals surface area contributed by atoms with Gasteiger partial charge < -0.3 is 10.2 Å². The SMILES string of the molecule is CCCCCn1nc(C(=O)N2CCNC(C)C2C)c2ccccc2c1=O.Cl. The molecule has 1 amide bonds. The maximum atomic E-state index is 13.3. The normalized spacial score (nSPS) is 19.7. The Morgan fingerprint density at radius 1 is 1.22 bits per heavy atom. The standard InChI is InChI=1S/C20H28N4O2.ClH/c1-4-5-8-12-24-19(25)17-10-7-6-9-16(17)18(22-24)20(26)23-13-11-21-14(2)15(23)3;/h6-7,9-10,14-15,21H,4-5,8,11-13H2,1-3H3;1H. The fraction of sp³-hybridized carbons (Fsp3) is 0.550. The molecular weight excluding hydrogens is 364 g/mol. The molecule has 1 saturated heterocycles. The number of amides is 1. The lowest BCUT2D eigenvalue weighted by atomic mass is 10.0. The van der Waals surface area contributed by atoms with E-state index in [1.807, 2.05) is 30.0 Å². The van der Waals surface area contributed by atoms with Gasteiger partial charge in [0.05, 0.1) is 5.39 Å². The van der Waals surface area contributed by atoms with Gasteiger partial charge in [-0.2, -0.15) is 5.10 Å². The topological polar surface area (TPSA) is 67.2 Å². The van der Waals surface area contributed by atoms with Crippen LogP contribution in [0.1, 0.15) is 50.5 Å². The Kier molecular flexibility index (Phi) is 7.39. The molecule has 0 spiro atoms. The van der Waals surface area contributed by atoms with Gasteiger partial charge in [0, 0.05) is 37.1 Å². The molecule has 0 radical (unpaired) electrons. The van der Waals surface area contributed by atoms with E-state index in [1.165, 1.54) is 4.68 Å². The Balaban J connectivity index is 0.00000261. The predicted octanol–water partition coefficient (Wildman–Crippen LogP) is 2.83. The van der Waals surface area contributed by atoms with E-state index in [4.69, 9.17) is 0 Å². The molecule has 0 bridgehead atoms. The molecular formula is C20H29ClN4O2. The number of benzene rings is 1. The van der Waals surface area contributed by atoms with Gasteiger partial charge in [0.15, 0.2) is 5.69 Å². The summed E-state index contributed by atoms with van der Waals surface area (Å²) in [5.41, 5.74) is 0.271. The quantitative estimate of drug-likeness (QED) is 0.794. The molecule has 2 unspecified atom stereocenters. The molecule has 2 atom stereocenters. The number of carbonyl (C=O) groups is 1. The first kappa shape index (κ1) is 21.4. The molecule has 1 aromatic heterocycles. The molecule has 1 aliphatic heterocycles. The van der Waals surface area contributed by atoms with Crippen LogP contribution in [0.5, 0.6) is 0 Å². The number of hydrogen-bond donors (Lipinski definition) is 1. The summed E-state index contributed by atoms with van der Waals surface area (Å²) in [4.78, 5) is 27.9. The lowest BCUT2D eigenvalue weighted by molar-refractivity contribution is 0.0596. The van der Waals surface area contributed by atoms with E-state index in [0.29, 0.717) is 29.6 Å². The number of halogens is 1. The highest BCUT2D eigenvalue weighted by Crippen LogP contribution is 2.19. The smallest absolute Gasteiger partial charge is 0.275 e. The first-order chi connectivity index (χ1) is 12.5. The average molecular weight is 393 g/mol. The Morgan fingerprint density at radius 2 is 1.93 bits per heavy atom. The van der Waals surface area contributed by atoms with E-state index < -0.39 is 0 Å². The molecule has 1 N–H and O–H groups in total. The summed E-state index contributed by atoms with van der Waals surface area (Å²) >= 11 is 0. The van der Waals surface area contributed by atoms with Gasteiger partial charge in [-0.1, -0.05) is 38.0 Å². The molecule has 3 rings (SSSR count). The van der Waals surface area contributed by atoms with Gasteiger partial charge >= 0.3 is 0 Å². The zero-order valence-corrected chi connectivity index (χ0v) is 17.1. The average Bonchev–Trinajstić information content (AvgIpc) is 2.65. The minimum Gasteiger partial charge on any atom is -0.332 e. The molecule has 1 aromatic carbocycles. The van der Waals surface area contributed by atoms with Crippen LogP contribution < -0.4 is 10.9 Å². The molecule has 0 aliphatic carbocycles. The number of aromatic nitrogens is 2. The van der Waals surface area contributed by atoms with Gasteiger partial charge in [0.1, 0.15) is 0 Å². The Morgan fingerprint density at radius 3 is 2.63 bits per heavy atom. The molecule has 148 valence electrons. The molecule has 2 heterocycles. The second-order valence-corrected chi connectivity index (χ2v) is 7.11. The largest absolute Gasteiger partial charge is 0.332 e. The van der Waals surface area contributed by atoms with Gasteiger partial charge in [-0.05, 0) is 26.3 Å². The first-order valence-corrected chi connectivity index (χ1v) is 9.58. The molecule has 6 nitrogen and oxygen atoms in total. The van der Waals surface area contributed by atoms with Crippen LogP contribution >= 0.6 is 12.4 Å². The fourth-order valence-electron chi connectivity index (χ4n) is 3.54. The van der Waals surface area contributed by atoms with Crippen LogP contribution in [0, 0.1) is 0 Å². The summed E-state index contributed by atoms with van der Waals surface area (Å²) in [6.45, 7) is 8.22. The number of carbonyl (C=O) groups excluding carboxylic acids is 1. The third-order valence-electron chi connectivity index (χ3n) is 5.34. The first-order valence-electron chi connectivity index (χ1n) is 9.58. The highest BCUT2D eigenvalue weighted by atomic mass is 35.5. The second-order valence-electron chi connectivity index (χ2n) is 7.11. The summed E-state index contributed by atoms with van der Waals surface area (Å²) in [6, 6.07) is 7.61. The molecule has 1 fully saturated rings. The number of piperazine rings is 1. The summed E-state index contributed by atoms with van der Waals surface area (Å²) in [5.74, 6) is -0.0914. The van der Waals surface area contributed by atoms with Crippen molar-refractivity contribution in [2.24, 2.45) is 0 Å². The summed E-state index contributed by atoms with van der Waals surface area (Å²) in [6.07, 6.45) is 3.00. The number of aryl methyl sites for hydroxylation is 1. The van der Waals surface area contributed by atoms with Crippen LogP contribution in [-0.2, 0) is 6.54 Å². The van der Waals surface area contributed by atoms with Crippen molar-refractivity contribution in [2.45, 2.75) is 58.7 Å². The maximum Gasteiger partial charge on any atom is 0.275 e. The van der Waals surface area contributed by atoms with Crippen molar-refractivity contribution in [1.82, 2.24) is 20.0 Å². The second kappa shape index (κ2) is 9.33. The summed E-state index contributed by atoms with van der Waals surface area (Å²) < 4.78 is 1.47. The van der Waals surface area contributed by atoms with E-state index >= 15 is 0 Å². The van der Waals surface area contributed by atoms with Gasteiger partial charge in [-0.15, -0.1) is 12.4 Å². The molecule has 1 aliphatic rings. The number of hydrogen-bond acceptors (Lipinski definition) is 4. The highest BCUT2D eigenvalue weighted by molar-refractivity contribution is 6.04. The number of rotatable bonds is 5.